The molecule has 1 atom stereocenters. The van der Waals surface area contributed by atoms with Crippen LogP contribution in [-0.2, 0) is 4.79 Å². The number of carbonyl (C=O) groups excluding carboxylic acids is 1. The molecule has 4 rings (SSSR count). The third-order valence-electron chi connectivity index (χ3n) is 4.35. The molecule has 138 valence electrons. The van der Waals surface area contributed by atoms with Crippen molar-refractivity contribution in [2.45, 2.75) is 19.9 Å². The van der Waals surface area contributed by atoms with Gasteiger partial charge in [0.2, 0.25) is 11.9 Å². The van der Waals surface area contributed by atoms with Crippen LogP contribution in [0.15, 0.2) is 53.0 Å². The molecule has 27 heavy (non-hydrogen) atoms. The number of aromatic nitrogens is 3. The number of hydrogen-bond donors (Lipinski definition) is 2. The third kappa shape index (κ3) is 3.08. The van der Waals surface area contributed by atoms with Gasteiger partial charge in [0.25, 0.3) is 0 Å². The van der Waals surface area contributed by atoms with Gasteiger partial charge >= 0.3 is 0 Å². The van der Waals surface area contributed by atoms with Gasteiger partial charge in [-0.15, -0.1) is 16.4 Å². The van der Waals surface area contributed by atoms with Crippen molar-refractivity contribution in [1.82, 2.24) is 14.8 Å². The molecular formula is C19H19N5O2S. The number of amides is 1. The number of hydrogen-bond acceptors (Lipinski definition) is 6. The van der Waals surface area contributed by atoms with Crippen molar-refractivity contribution >= 4 is 23.2 Å². The number of primary amides is 1. The van der Waals surface area contributed by atoms with Crippen LogP contribution in [0.2, 0.25) is 0 Å². The van der Waals surface area contributed by atoms with Gasteiger partial charge in [0.1, 0.15) is 11.8 Å². The third-order valence-corrected chi connectivity index (χ3v) is 5.28. The van der Waals surface area contributed by atoms with Gasteiger partial charge in [-0.05, 0) is 49.6 Å². The minimum atomic E-state index is -0.470. The van der Waals surface area contributed by atoms with E-state index in [1.807, 2.05) is 55.6 Å². The van der Waals surface area contributed by atoms with Gasteiger partial charge in [-0.1, -0.05) is 6.07 Å². The Morgan fingerprint density at radius 3 is 2.74 bits per heavy atom. The van der Waals surface area contributed by atoms with Crippen LogP contribution in [0.4, 0.5) is 5.95 Å². The quantitative estimate of drug-likeness (QED) is 0.708. The van der Waals surface area contributed by atoms with Gasteiger partial charge in [-0.3, -0.25) is 4.79 Å². The second kappa shape index (κ2) is 6.88. The first-order valence-electron chi connectivity index (χ1n) is 8.59. The van der Waals surface area contributed by atoms with Gasteiger partial charge < -0.3 is 15.8 Å². The van der Waals surface area contributed by atoms with E-state index in [-0.39, 0.29) is 6.04 Å². The summed E-state index contributed by atoms with van der Waals surface area (Å²) in [7, 11) is 0. The van der Waals surface area contributed by atoms with E-state index in [1.165, 1.54) is 0 Å². The minimum Gasteiger partial charge on any atom is -0.494 e. The number of benzene rings is 1. The van der Waals surface area contributed by atoms with E-state index >= 15 is 0 Å². The summed E-state index contributed by atoms with van der Waals surface area (Å²) in [6.07, 6.45) is 0. The molecule has 1 aliphatic heterocycles. The van der Waals surface area contributed by atoms with Crippen molar-refractivity contribution in [2.75, 3.05) is 11.9 Å². The zero-order valence-corrected chi connectivity index (χ0v) is 15.8. The van der Waals surface area contributed by atoms with Crippen molar-refractivity contribution in [2.24, 2.45) is 5.73 Å². The fourth-order valence-electron chi connectivity index (χ4n) is 3.17. The van der Waals surface area contributed by atoms with E-state index in [4.69, 9.17) is 10.5 Å². The van der Waals surface area contributed by atoms with Crippen molar-refractivity contribution < 1.29 is 9.53 Å². The Morgan fingerprint density at radius 2 is 2.11 bits per heavy atom. The predicted octanol–water partition coefficient (Wildman–Crippen LogP) is 3.18. The zero-order chi connectivity index (χ0) is 19.0. The molecule has 1 aromatic carbocycles. The van der Waals surface area contributed by atoms with E-state index < -0.39 is 5.91 Å². The van der Waals surface area contributed by atoms with Crippen LogP contribution in [0.25, 0.3) is 11.4 Å². The Bertz CT molecular complexity index is 1010. The number of thiophene rings is 1. The van der Waals surface area contributed by atoms with E-state index in [0.717, 1.165) is 16.2 Å². The normalized spacial score (nSPS) is 16.0. The maximum Gasteiger partial charge on any atom is 0.248 e. The number of nitrogens with two attached hydrogens (primary N) is 1. The Balaban J connectivity index is 1.78. The average Bonchev–Trinajstić information content (AvgIpc) is 3.31. The average molecular weight is 381 g/mol. The molecular weight excluding hydrogens is 362 g/mol. The van der Waals surface area contributed by atoms with E-state index in [0.29, 0.717) is 29.6 Å². The molecule has 0 saturated heterocycles. The van der Waals surface area contributed by atoms with E-state index in [9.17, 15) is 4.79 Å². The molecule has 0 bridgehead atoms. The monoisotopic (exact) mass is 381 g/mol. The SMILES string of the molecule is CCOc1ccc(-c2nc3n(n2)C(c2cccs2)C(C(N)=O)=C(C)N3)cc1. The fourth-order valence-corrected chi connectivity index (χ4v) is 3.99. The molecule has 8 heteroatoms. The lowest BCUT2D eigenvalue weighted by Crippen LogP contribution is -2.31. The van der Waals surface area contributed by atoms with Gasteiger partial charge in [0.05, 0.1) is 12.2 Å². The van der Waals surface area contributed by atoms with Crippen LogP contribution in [0.3, 0.4) is 0 Å². The smallest absolute Gasteiger partial charge is 0.248 e. The molecule has 3 aromatic rings. The van der Waals surface area contributed by atoms with Crippen molar-refractivity contribution in [1.29, 1.82) is 0 Å². The second-order valence-corrected chi connectivity index (χ2v) is 7.09. The minimum absolute atomic E-state index is 0.386. The molecule has 0 aliphatic carbocycles. The number of ether oxygens (including phenoxy) is 1. The highest BCUT2D eigenvalue weighted by molar-refractivity contribution is 7.10. The summed E-state index contributed by atoms with van der Waals surface area (Å²) in [5.41, 5.74) is 7.72. The fraction of sp³-hybridized carbons (Fsp3) is 0.211. The Hall–Kier alpha value is -3.13. The first-order valence-corrected chi connectivity index (χ1v) is 9.47. The van der Waals surface area contributed by atoms with E-state index in [2.05, 4.69) is 15.4 Å². The molecule has 1 aliphatic rings. The van der Waals surface area contributed by atoms with Crippen LogP contribution in [0, 0.1) is 0 Å². The molecule has 0 saturated carbocycles. The number of carbonyl (C=O) groups is 1. The van der Waals surface area contributed by atoms with Crippen LogP contribution in [0.1, 0.15) is 24.8 Å². The molecule has 0 radical (unpaired) electrons. The predicted molar refractivity (Wildman–Crippen MR) is 105 cm³/mol. The Kier molecular flexibility index (Phi) is 4.41. The number of nitrogens with zero attached hydrogens (tertiary/aromatic N) is 3. The van der Waals surface area contributed by atoms with Crippen LogP contribution in [-0.4, -0.2) is 27.3 Å². The molecule has 3 N–H and O–H groups in total. The van der Waals surface area contributed by atoms with Gasteiger partial charge in [0.15, 0.2) is 5.82 Å². The zero-order valence-electron chi connectivity index (χ0n) is 15.0. The van der Waals surface area contributed by atoms with Gasteiger partial charge in [-0.25, -0.2) is 4.68 Å². The number of rotatable bonds is 5. The largest absolute Gasteiger partial charge is 0.494 e. The summed E-state index contributed by atoms with van der Waals surface area (Å²) >= 11 is 1.55. The number of nitrogens with one attached hydrogen (secondary N) is 1. The molecule has 1 unspecified atom stereocenters. The number of anilines is 1. The standard InChI is InChI=1S/C19H19N5O2S/c1-3-26-13-8-6-12(7-9-13)18-22-19-21-11(2)15(17(20)25)16(24(19)23-18)14-5-4-10-27-14/h4-10,16H,3H2,1-2H3,(H2,20,25)(H,21,22,23). The van der Waals surface area contributed by atoms with Gasteiger partial charge in [-0.2, -0.15) is 4.98 Å². The summed E-state index contributed by atoms with van der Waals surface area (Å²) in [6, 6.07) is 11.1. The van der Waals surface area contributed by atoms with Crippen molar-refractivity contribution in [3.63, 3.8) is 0 Å². The molecule has 0 fully saturated rings. The summed E-state index contributed by atoms with van der Waals surface area (Å²) in [4.78, 5) is 17.7. The maximum atomic E-state index is 12.1. The second-order valence-electron chi connectivity index (χ2n) is 6.11. The van der Waals surface area contributed by atoms with Crippen molar-refractivity contribution in [3.8, 4) is 17.1 Å². The number of fused-ring (bicyclic) bond motifs is 1. The first-order chi connectivity index (χ1) is 13.1. The molecule has 2 aromatic heterocycles. The van der Waals surface area contributed by atoms with Crippen LogP contribution >= 0.6 is 11.3 Å². The van der Waals surface area contributed by atoms with Crippen LogP contribution in [0.5, 0.6) is 5.75 Å². The summed E-state index contributed by atoms with van der Waals surface area (Å²) in [5.74, 6) is 1.48. The van der Waals surface area contributed by atoms with Gasteiger partial charge in [0, 0.05) is 16.1 Å². The molecule has 0 spiro atoms. The molecule has 3 heterocycles. The highest BCUT2D eigenvalue weighted by Gasteiger charge is 2.33. The molecule has 1 amide bonds. The lowest BCUT2D eigenvalue weighted by molar-refractivity contribution is -0.115. The Labute approximate surface area is 160 Å². The van der Waals surface area contributed by atoms with Crippen LogP contribution < -0.4 is 15.8 Å². The highest BCUT2D eigenvalue weighted by Crippen LogP contribution is 2.37. The number of allylic oxidation sites excluding steroid dienone is 1. The highest BCUT2D eigenvalue weighted by atomic mass is 32.1. The Morgan fingerprint density at radius 1 is 1.33 bits per heavy atom. The topological polar surface area (TPSA) is 95.1 Å². The summed E-state index contributed by atoms with van der Waals surface area (Å²) in [5, 5.41) is 9.79. The lowest BCUT2D eigenvalue weighted by atomic mass is 10.0. The van der Waals surface area contributed by atoms with Crippen molar-refractivity contribution in [3.05, 3.63) is 57.9 Å². The van der Waals surface area contributed by atoms with E-state index in [1.54, 1.807) is 16.0 Å². The lowest BCUT2D eigenvalue weighted by Gasteiger charge is -2.26. The maximum absolute atomic E-state index is 12.1. The summed E-state index contributed by atoms with van der Waals surface area (Å²) < 4.78 is 7.21. The molecule has 7 nitrogen and oxygen atoms in total. The first kappa shape index (κ1) is 17.3. The summed E-state index contributed by atoms with van der Waals surface area (Å²) in [6.45, 7) is 4.39.